The van der Waals surface area contributed by atoms with Crippen LogP contribution in [0.3, 0.4) is 0 Å². The molecule has 5 heavy (non-hydrogen) atoms. The molecule has 0 rings (SSSR count). The van der Waals surface area contributed by atoms with Gasteiger partial charge in [0.15, 0.2) is 0 Å². The van der Waals surface area contributed by atoms with Gasteiger partial charge >= 0.3 is 0 Å². The van der Waals surface area contributed by atoms with E-state index < -0.39 is 0 Å². The maximum absolute atomic E-state index is 6.35. The fraction of sp³-hybridized carbons (Fsp3) is 0.500. The lowest BCUT2D eigenvalue weighted by molar-refractivity contribution is 1.10. The number of guanidine groups is 1. The third-order valence-corrected chi connectivity index (χ3v) is 0.241. The number of nitrogens with zero attached hydrogens (tertiary/aromatic N) is 1. The van der Waals surface area contributed by atoms with Gasteiger partial charge in [0.25, 0.3) is 0 Å². The van der Waals surface area contributed by atoms with Crippen molar-refractivity contribution in [3.8, 4) is 0 Å². The average molecular weight is 72.1 g/mol. The van der Waals surface area contributed by atoms with Crippen molar-refractivity contribution in [2.45, 2.75) is 0 Å². The third-order valence-electron chi connectivity index (χ3n) is 0.241. The molecule has 0 saturated heterocycles. The molecule has 0 bridgehead atoms. The van der Waals surface area contributed by atoms with Crippen LogP contribution in [0.25, 0.3) is 0 Å². The van der Waals surface area contributed by atoms with Crippen LogP contribution in [-0.2, 0) is 0 Å². The molecule has 0 unspecified atom stereocenters. The van der Waals surface area contributed by atoms with E-state index in [1.54, 1.807) is 0 Å². The first-order valence-corrected chi connectivity index (χ1v) is 1.21. The maximum Gasteiger partial charge on any atom is 0.207 e. The smallest absolute Gasteiger partial charge is 0.207 e. The van der Waals surface area contributed by atoms with E-state index in [0.717, 1.165) is 0 Å². The number of hydrogen-bond acceptors (Lipinski definition) is 1. The van der Waals surface area contributed by atoms with Crippen LogP contribution in [-0.4, -0.2) is 13.0 Å². The Kier molecular flexibility index (Phi) is 1.35. The number of rotatable bonds is 0. The minimum absolute atomic E-state index is 0.120. The van der Waals surface area contributed by atoms with Gasteiger partial charge in [-0.05, 0) is 0 Å². The molecule has 0 heterocycles. The lowest BCUT2D eigenvalue weighted by Crippen LogP contribution is -2.19. The monoisotopic (exact) mass is 72.1 g/mol. The fourth-order valence-corrected chi connectivity index (χ4v) is 0. The second-order valence-corrected chi connectivity index (χ2v) is 0.609. The van der Waals surface area contributed by atoms with Crippen molar-refractivity contribution in [3.05, 3.63) is 0 Å². The standard InChI is InChI=1S/C2H6N3/c1-5-2(3)4/h1H3,(H3,3,4). The van der Waals surface area contributed by atoms with E-state index in [-0.39, 0.29) is 5.96 Å². The summed E-state index contributed by atoms with van der Waals surface area (Å²) in [4.78, 5) is 0. The topological polar surface area (TPSA) is 64.0 Å². The SMILES string of the molecule is C[N]C(=N)N. The fourth-order valence-electron chi connectivity index (χ4n) is 0. The first-order valence-electron chi connectivity index (χ1n) is 1.21. The normalized spacial score (nSPS) is 6.60. The summed E-state index contributed by atoms with van der Waals surface area (Å²) in [6, 6.07) is 0. The van der Waals surface area contributed by atoms with Gasteiger partial charge in [0.1, 0.15) is 0 Å². The Morgan fingerprint density at radius 1 is 2.00 bits per heavy atom. The zero-order valence-electron chi connectivity index (χ0n) is 3.02. The van der Waals surface area contributed by atoms with Crippen LogP contribution in [0, 0.1) is 5.41 Å². The van der Waals surface area contributed by atoms with E-state index in [1.165, 1.54) is 7.05 Å². The second-order valence-electron chi connectivity index (χ2n) is 0.609. The summed E-state index contributed by atoms with van der Waals surface area (Å²) in [6.45, 7) is 0. The van der Waals surface area contributed by atoms with Crippen molar-refractivity contribution in [1.82, 2.24) is 5.32 Å². The molecule has 0 aliphatic carbocycles. The average Bonchev–Trinajstić information content (AvgIpc) is 1.38. The summed E-state index contributed by atoms with van der Waals surface area (Å²) >= 11 is 0. The van der Waals surface area contributed by atoms with Crippen LogP contribution in [0.5, 0.6) is 0 Å². The summed E-state index contributed by atoms with van der Waals surface area (Å²) in [5.74, 6) is -0.120. The summed E-state index contributed by atoms with van der Waals surface area (Å²) in [5, 5.41) is 9.60. The molecule has 0 aromatic carbocycles. The van der Waals surface area contributed by atoms with Crippen LogP contribution in [0.15, 0.2) is 0 Å². The Morgan fingerprint density at radius 2 is 2.20 bits per heavy atom. The van der Waals surface area contributed by atoms with E-state index in [9.17, 15) is 0 Å². The molecule has 0 atom stereocenters. The van der Waals surface area contributed by atoms with Crippen molar-refractivity contribution in [2.75, 3.05) is 7.05 Å². The molecule has 3 N–H and O–H groups in total. The van der Waals surface area contributed by atoms with Gasteiger partial charge in [0.2, 0.25) is 5.96 Å². The molecule has 0 saturated carbocycles. The first-order chi connectivity index (χ1) is 2.27. The van der Waals surface area contributed by atoms with E-state index in [4.69, 9.17) is 11.1 Å². The molecule has 0 fully saturated rings. The van der Waals surface area contributed by atoms with Gasteiger partial charge in [-0.2, -0.15) is 0 Å². The lowest BCUT2D eigenvalue weighted by atomic mass is 11.0. The Hall–Kier alpha value is -0.730. The molecule has 3 heteroatoms. The van der Waals surface area contributed by atoms with Crippen LogP contribution in [0.1, 0.15) is 0 Å². The molecular formula is C2H6N3. The molecule has 0 spiro atoms. The van der Waals surface area contributed by atoms with Crippen molar-refractivity contribution < 1.29 is 0 Å². The Labute approximate surface area is 30.7 Å². The van der Waals surface area contributed by atoms with E-state index >= 15 is 0 Å². The first kappa shape index (κ1) is 4.27. The Balaban J connectivity index is 2.85. The molecule has 0 aromatic heterocycles. The molecule has 3 nitrogen and oxygen atoms in total. The van der Waals surface area contributed by atoms with E-state index in [2.05, 4.69) is 5.32 Å². The molecule has 0 aliphatic rings. The van der Waals surface area contributed by atoms with Gasteiger partial charge in [-0.1, -0.05) is 0 Å². The highest BCUT2D eigenvalue weighted by Gasteiger charge is 1.69. The molecule has 1 radical (unpaired) electrons. The van der Waals surface area contributed by atoms with Gasteiger partial charge in [-0.3, -0.25) is 10.7 Å². The highest BCUT2D eigenvalue weighted by molar-refractivity contribution is 5.73. The summed E-state index contributed by atoms with van der Waals surface area (Å²) in [6.07, 6.45) is 0. The Morgan fingerprint density at radius 3 is 2.20 bits per heavy atom. The molecule has 0 aromatic rings. The minimum Gasteiger partial charge on any atom is -0.369 e. The quantitative estimate of drug-likeness (QED) is 0.283. The van der Waals surface area contributed by atoms with Crippen molar-refractivity contribution in [3.63, 3.8) is 0 Å². The van der Waals surface area contributed by atoms with Crippen molar-refractivity contribution in [1.29, 1.82) is 5.41 Å². The van der Waals surface area contributed by atoms with Gasteiger partial charge in [-0.15, -0.1) is 0 Å². The molecule has 0 aliphatic heterocycles. The maximum atomic E-state index is 6.35. The largest absolute Gasteiger partial charge is 0.369 e. The highest BCUT2D eigenvalue weighted by Crippen LogP contribution is 1.36. The Bertz CT molecular complexity index is 40.2. The van der Waals surface area contributed by atoms with Crippen LogP contribution >= 0.6 is 0 Å². The predicted octanol–water partition coefficient (Wildman–Crippen LogP) is -0.886. The second kappa shape index (κ2) is 1.58. The van der Waals surface area contributed by atoms with Gasteiger partial charge in [0.05, 0.1) is 0 Å². The zero-order chi connectivity index (χ0) is 4.28. The van der Waals surface area contributed by atoms with E-state index in [0.29, 0.717) is 0 Å². The van der Waals surface area contributed by atoms with Gasteiger partial charge < -0.3 is 5.73 Å². The molecule has 29 valence electrons. The highest BCUT2D eigenvalue weighted by atomic mass is 15.0. The van der Waals surface area contributed by atoms with Crippen LogP contribution < -0.4 is 11.1 Å². The van der Waals surface area contributed by atoms with Crippen LogP contribution in [0.4, 0.5) is 0 Å². The van der Waals surface area contributed by atoms with Gasteiger partial charge in [0, 0.05) is 7.05 Å². The summed E-state index contributed by atoms with van der Waals surface area (Å²) in [7, 11) is 1.47. The van der Waals surface area contributed by atoms with E-state index in [1.807, 2.05) is 0 Å². The van der Waals surface area contributed by atoms with Crippen molar-refractivity contribution in [2.24, 2.45) is 5.73 Å². The number of nitrogens with one attached hydrogen (secondary N) is 1. The molecular weight excluding hydrogens is 66.0 g/mol. The third kappa shape index (κ3) is 3.27. The van der Waals surface area contributed by atoms with Crippen LogP contribution in [0.2, 0.25) is 0 Å². The summed E-state index contributed by atoms with van der Waals surface area (Å²) in [5.41, 5.74) is 4.71. The summed E-state index contributed by atoms with van der Waals surface area (Å²) < 4.78 is 0. The number of hydrogen-bond donors (Lipinski definition) is 2. The zero-order valence-corrected chi connectivity index (χ0v) is 3.02. The number of nitrogens with two attached hydrogens (primary N) is 1. The van der Waals surface area contributed by atoms with Crippen molar-refractivity contribution >= 4 is 5.96 Å². The predicted molar refractivity (Wildman–Crippen MR) is 20.0 cm³/mol. The minimum atomic E-state index is -0.120. The van der Waals surface area contributed by atoms with Gasteiger partial charge in [-0.25, -0.2) is 0 Å². The molecule has 0 amide bonds. The lowest BCUT2D eigenvalue weighted by Gasteiger charge is -1.81.